The van der Waals surface area contributed by atoms with Crippen molar-refractivity contribution in [1.29, 1.82) is 0 Å². The Kier molecular flexibility index (Phi) is 21.4. The number of allylic oxidation sites excluding steroid dienone is 2. The van der Waals surface area contributed by atoms with E-state index in [1.165, 1.54) is 32.0 Å². The largest absolute Gasteiger partial charge is 0.502 e. The number of nitro benzene ring substituents is 1. The topological polar surface area (TPSA) is 312 Å². The fourth-order valence-electron chi connectivity index (χ4n) is 9.07. The highest BCUT2D eigenvalue weighted by atomic mass is 16.6. The van der Waals surface area contributed by atoms with Gasteiger partial charge in [-0.15, -0.1) is 6.58 Å². The molecule has 1 saturated heterocycles. The predicted octanol–water partition coefficient (Wildman–Crippen LogP) is 3.21. The second-order valence-electron chi connectivity index (χ2n) is 20.8. The number of aliphatic carboxylic acids is 1. The van der Waals surface area contributed by atoms with Crippen molar-refractivity contribution < 1.29 is 58.6 Å². The molecule has 8 atom stereocenters. The number of carboxylic acids is 1. The Labute approximate surface area is 442 Å². The van der Waals surface area contributed by atoms with E-state index in [-0.39, 0.29) is 43.1 Å². The number of hydrogen-bond donors (Lipinski definition) is 8. The van der Waals surface area contributed by atoms with Crippen molar-refractivity contribution in [2.45, 2.75) is 142 Å². The number of benzene rings is 2. The van der Waals surface area contributed by atoms with Crippen LogP contribution in [0.1, 0.15) is 92.2 Å². The summed E-state index contributed by atoms with van der Waals surface area (Å²) in [7, 11) is 2.55. The van der Waals surface area contributed by atoms with Gasteiger partial charge in [0.25, 0.3) is 0 Å². The quantitative estimate of drug-likeness (QED) is 0.0548. The number of amides is 7. The number of para-hydroxylation sites is 1. The van der Waals surface area contributed by atoms with Crippen molar-refractivity contribution in [2.75, 3.05) is 20.7 Å². The third kappa shape index (κ3) is 15.5. The van der Waals surface area contributed by atoms with Gasteiger partial charge in [-0.3, -0.25) is 48.5 Å². The number of aliphatic hydroxyl groups excluding tert-OH is 1. The Morgan fingerprint density at radius 1 is 0.776 bits per heavy atom. The van der Waals surface area contributed by atoms with Gasteiger partial charge in [-0.25, -0.2) is 0 Å². The van der Waals surface area contributed by atoms with E-state index in [1.807, 2.05) is 48.9 Å². The van der Waals surface area contributed by atoms with Gasteiger partial charge in [0.15, 0.2) is 5.75 Å². The lowest BCUT2D eigenvalue weighted by atomic mass is 9.97. The molecule has 0 saturated carbocycles. The number of aliphatic hydroxyl groups is 1. The van der Waals surface area contributed by atoms with Gasteiger partial charge < -0.3 is 56.3 Å². The number of phenolic OH excluding ortho intramolecular Hbond substituents is 1. The number of carbonyl (C=O) groups is 8. The molecule has 4 rings (SSSR count). The van der Waals surface area contributed by atoms with Crippen LogP contribution < -0.4 is 26.6 Å². The van der Waals surface area contributed by atoms with Gasteiger partial charge in [-0.1, -0.05) is 70.2 Å². The highest BCUT2D eigenvalue weighted by molar-refractivity contribution is 5.99. The van der Waals surface area contributed by atoms with E-state index >= 15 is 4.79 Å². The Bertz CT molecular complexity index is 2680. The Morgan fingerprint density at radius 3 is 1.91 bits per heavy atom. The molecule has 1 aliphatic heterocycles. The lowest BCUT2D eigenvalue weighted by molar-refractivity contribution is -0.385. The van der Waals surface area contributed by atoms with Crippen LogP contribution in [0.2, 0.25) is 0 Å². The summed E-state index contributed by atoms with van der Waals surface area (Å²) in [5.74, 6) is -10.4. The molecule has 0 unspecified atom stereocenters. The molecule has 22 nitrogen and oxygen atoms in total. The molecule has 0 radical (unpaired) electrons. The molecule has 8 N–H and O–H groups in total. The first-order valence-electron chi connectivity index (χ1n) is 25.3. The molecule has 0 aliphatic carbocycles. The Morgan fingerprint density at radius 2 is 1.33 bits per heavy atom. The standard InChI is InChI=1S/C54H75N9O13/c1-12-14-18-37-46(66)59-40(26-34-28-62(54(8,9)13-2)41-19-16-15-17-36(34)41)52(72)61(11)43(23-31(5)6)49(69)58-39(24-33-20-21-45(65)42(25-33)63(75)76)47(67)55-32(7)51(71)60(10)44(27-35(29-64)53(73)74)50(70)57-38(22-30(3)4)48(68)56-37/h12-17,19-21,25,28,30-32,35,37-40,43-44,64-65H,2,18,22-24,26-27,29H2,1,3-11H3,(H,55,67)(H,56,68)(H,57,70)(H,58,69)(H,59,66)(H,73,74)/b14-12+/t32-,35+,37-,38-,39-,40-,43-,44-/m0/s1. The molecule has 3 aromatic rings. The lowest BCUT2D eigenvalue weighted by Crippen LogP contribution is -2.60. The van der Waals surface area contributed by atoms with E-state index in [4.69, 9.17) is 0 Å². The van der Waals surface area contributed by atoms with Crippen molar-refractivity contribution in [1.82, 2.24) is 41.0 Å². The number of nitrogens with zero attached hydrogens (tertiary/aromatic N) is 4. The summed E-state index contributed by atoms with van der Waals surface area (Å²) in [5.41, 5.74) is 0.220. The number of rotatable bonds is 17. The van der Waals surface area contributed by atoms with Crippen LogP contribution in [0.25, 0.3) is 10.9 Å². The Balaban J connectivity index is 1.99. The smallest absolute Gasteiger partial charge is 0.310 e. The van der Waals surface area contributed by atoms with E-state index in [9.17, 15) is 59.0 Å². The van der Waals surface area contributed by atoms with Crippen LogP contribution >= 0.6 is 0 Å². The minimum atomic E-state index is -1.67. The number of aromatic nitrogens is 1. The van der Waals surface area contributed by atoms with Crippen LogP contribution in [0.4, 0.5) is 5.69 Å². The van der Waals surface area contributed by atoms with Crippen LogP contribution in [-0.4, -0.2) is 145 Å². The average molecular weight is 1060 g/mol. The monoisotopic (exact) mass is 1060 g/mol. The maximum absolute atomic E-state index is 15.3. The second kappa shape index (κ2) is 26.7. The normalized spacial score (nSPS) is 22.7. The van der Waals surface area contributed by atoms with Crippen LogP contribution in [0.3, 0.4) is 0 Å². The van der Waals surface area contributed by atoms with Crippen molar-refractivity contribution in [3.05, 3.63) is 94.7 Å². The first kappa shape index (κ1) is 60.9. The summed E-state index contributed by atoms with van der Waals surface area (Å²) in [6.45, 7) is 17.1. The van der Waals surface area contributed by atoms with Crippen molar-refractivity contribution in [2.24, 2.45) is 17.8 Å². The average Bonchev–Trinajstić information content (AvgIpc) is 3.74. The summed E-state index contributed by atoms with van der Waals surface area (Å²) in [4.78, 5) is 128. The number of likely N-dealkylation sites (N-methyl/N-ethyl adjacent to an activating group) is 2. The van der Waals surface area contributed by atoms with Crippen molar-refractivity contribution in [3.63, 3.8) is 0 Å². The number of carboxylic acid groups (broad SMARTS) is 1. The van der Waals surface area contributed by atoms with Gasteiger partial charge in [0.2, 0.25) is 41.4 Å². The molecule has 22 heteroatoms. The zero-order valence-corrected chi connectivity index (χ0v) is 45.0. The van der Waals surface area contributed by atoms with E-state index in [2.05, 4.69) is 33.2 Å². The highest BCUT2D eigenvalue weighted by Crippen LogP contribution is 2.31. The van der Waals surface area contributed by atoms with E-state index < -0.39 is 137 Å². The summed E-state index contributed by atoms with van der Waals surface area (Å²) >= 11 is 0. The molecule has 0 spiro atoms. The van der Waals surface area contributed by atoms with Crippen LogP contribution in [-0.2, 0) is 56.7 Å². The van der Waals surface area contributed by atoms with Crippen molar-refractivity contribution >= 4 is 63.9 Å². The van der Waals surface area contributed by atoms with Gasteiger partial charge in [-0.05, 0) is 88.5 Å². The molecule has 414 valence electrons. The van der Waals surface area contributed by atoms with Gasteiger partial charge in [0.1, 0.15) is 42.3 Å². The third-order valence-corrected chi connectivity index (χ3v) is 13.6. The minimum Gasteiger partial charge on any atom is -0.502 e. The number of carbonyl (C=O) groups excluding carboxylic acids is 7. The lowest BCUT2D eigenvalue weighted by Gasteiger charge is -2.33. The molecule has 1 aromatic heterocycles. The van der Waals surface area contributed by atoms with Gasteiger partial charge in [-0.2, -0.15) is 0 Å². The second-order valence-corrected chi connectivity index (χ2v) is 20.8. The maximum atomic E-state index is 15.3. The molecule has 0 bridgehead atoms. The third-order valence-electron chi connectivity index (χ3n) is 13.6. The number of nitro groups is 1. The van der Waals surface area contributed by atoms with Gasteiger partial charge in [0.05, 0.1) is 23.0 Å². The number of fused-ring (bicyclic) bond motifs is 1. The van der Waals surface area contributed by atoms with Gasteiger partial charge >= 0.3 is 11.7 Å². The molecule has 2 aromatic carbocycles. The zero-order valence-electron chi connectivity index (χ0n) is 45.0. The van der Waals surface area contributed by atoms with Crippen molar-refractivity contribution in [3.8, 4) is 5.75 Å². The summed E-state index contributed by atoms with van der Waals surface area (Å²) in [6, 6.07) is 0.525. The number of phenols is 1. The van der Waals surface area contributed by atoms with E-state index in [0.29, 0.717) is 5.56 Å². The number of hydrogen-bond acceptors (Lipinski definition) is 12. The fraction of sp³-hybridized carbons (Fsp3) is 0.519. The van der Waals surface area contributed by atoms with Gasteiger partial charge in [0, 0.05) is 50.1 Å². The molecular weight excluding hydrogens is 983 g/mol. The summed E-state index contributed by atoms with van der Waals surface area (Å²) < 4.78 is 1.98. The number of aromatic hydroxyl groups is 1. The predicted molar refractivity (Wildman–Crippen MR) is 283 cm³/mol. The molecule has 7 amide bonds. The van der Waals surface area contributed by atoms with Crippen LogP contribution in [0.15, 0.2) is 73.5 Å². The van der Waals surface area contributed by atoms with E-state index in [0.717, 1.165) is 27.9 Å². The first-order chi connectivity index (χ1) is 35.6. The Hall–Kier alpha value is -7.62. The molecule has 76 heavy (non-hydrogen) atoms. The molecule has 1 aliphatic rings. The summed E-state index contributed by atoms with van der Waals surface area (Å²) in [5, 5.41) is 56.4. The van der Waals surface area contributed by atoms with E-state index in [1.54, 1.807) is 52.8 Å². The summed E-state index contributed by atoms with van der Waals surface area (Å²) in [6.07, 6.45) is 5.61. The molecular formula is C54H75N9O13. The SMILES string of the molecule is C=CC(C)(C)n1cc(C[C@@H]2NC(=O)[C@H](C/C=C/C)NC(=O)[C@H](CC(C)C)NC(=O)[C@H](C[C@H](CO)C(=O)O)N(C)C(=O)[C@H](C)NC(=O)[C@H](Cc3ccc(O)c([N+](=O)[O-])c3)NC(=O)[C@H](CC(C)C)N(C)C2=O)c2ccccc21. The highest BCUT2D eigenvalue weighted by Gasteiger charge is 2.40. The first-order valence-corrected chi connectivity index (χ1v) is 25.3. The number of nitrogens with one attached hydrogen (secondary N) is 5. The van der Waals surface area contributed by atoms with Crippen LogP contribution in [0.5, 0.6) is 5.75 Å². The molecule has 1 fully saturated rings. The maximum Gasteiger partial charge on any atom is 0.310 e. The molecule has 2 heterocycles. The fourth-order valence-corrected chi connectivity index (χ4v) is 9.07. The van der Waals surface area contributed by atoms with Crippen LogP contribution in [0, 0.1) is 27.9 Å². The minimum absolute atomic E-state index is 0.00436. The zero-order chi connectivity index (χ0) is 56.9.